The lowest BCUT2D eigenvalue weighted by atomic mass is 9.78. The second kappa shape index (κ2) is 18.1. The number of aromatic hydroxyl groups is 1. The van der Waals surface area contributed by atoms with Gasteiger partial charge in [0.1, 0.15) is 17.2 Å². The Morgan fingerprint density at radius 2 is 1.73 bits per heavy atom. The molecule has 3 aliphatic heterocycles. The number of aromatic nitrogens is 1. The number of benzene rings is 4. The first-order chi connectivity index (χ1) is 28.5. The van der Waals surface area contributed by atoms with Crippen LogP contribution >= 0.6 is 11.6 Å². The van der Waals surface area contributed by atoms with Gasteiger partial charge in [-0.3, -0.25) is 14.5 Å². The zero-order valence-corrected chi connectivity index (χ0v) is 34.0. The largest absolute Gasteiger partial charge is 0.506 e. The minimum absolute atomic E-state index is 0.0852. The summed E-state index contributed by atoms with van der Waals surface area (Å²) in [6.45, 7) is 3.37. The molecule has 5 N–H and O–H groups in total. The van der Waals surface area contributed by atoms with Crippen LogP contribution < -0.4 is 25.2 Å². The maximum Gasteiger partial charge on any atom is 0.412 e. The first-order valence-corrected chi connectivity index (χ1v) is 20.2. The average Bonchev–Trinajstić information content (AvgIpc) is 3.24. The minimum atomic E-state index is -0.948. The lowest BCUT2D eigenvalue weighted by Gasteiger charge is -2.53. The molecule has 4 aromatic carbocycles. The number of H-pyrrole nitrogens is 1. The van der Waals surface area contributed by atoms with Gasteiger partial charge < -0.3 is 44.9 Å². The van der Waals surface area contributed by atoms with Crippen molar-refractivity contribution in [1.82, 2.24) is 20.1 Å². The van der Waals surface area contributed by atoms with Crippen LogP contribution in [0.3, 0.4) is 0 Å². The van der Waals surface area contributed by atoms with E-state index in [1.165, 1.54) is 19.2 Å². The smallest absolute Gasteiger partial charge is 0.412 e. The topological polar surface area (TPSA) is 168 Å². The van der Waals surface area contributed by atoms with Crippen LogP contribution in [0, 0.1) is 0 Å². The number of pyridine rings is 1. The summed E-state index contributed by atoms with van der Waals surface area (Å²) in [5, 5.41) is 35.8. The summed E-state index contributed by atoms with van der Waals surface area (Å²) in [5.74, 6) is 0.451. The van der Waals surface area contributed by atoms with Gasteiger partial charge >= 0.3 is 6.09 Å². The van der Waals surface area contributed by atoms with E-state index in [0.717, 1.165) is 55.6 Å². The molecule has 4 heterocycles. The summed E-state index contributed by atoms with van der Waals surface area (Å²) in [4.78, 5) is 46.3. The lowest BCUT2D eigenvalue weighted by molar-refractivity contribution is -0.132. The molecule has 8 rings (SSSR count). The van der Waals surface area contributed by atoms with E-state index in [9.17, 15) is 29.7 Å². The van der Waals surface area contributed by atoms with Crippen LogP contribution in [-0.4, -0.2) is 101 Å². The van der Waals surface area contributed by atoms with Crippen LogP contribution in [0.2, 0.25) is 5.02 Å². The van der Waals surface area contributed by atoms with Crippen molar-refractivity contribution in [3.63, 3.8) is 0 Å². The standard InChI is InChI=1S/C45H50ClN5O8/c1-49(19-6-7-29-10-11-32(30-8-4-3-5-9-30)36(23-29)51(44(56)57)45-16-20-50(21-17-45)22-18-45)42(55)28-59-40-25-39(58-2)31(24-35(40)46)26-47-27-38(53)33-12-14-37(52)43-34(33)13-15-41(54)48-43/h3-5,8-15,23-25,38,47,52-53H,6-7,16-22,26-28H2,1-2H3,(H,48,54)(H,56,57)/t38-/m1/s1. The molecular weight excluding hydrogens is 774 g/mol. The number of anilines is 1. The highest BCUT2D eigenvalue weighted by Crippen LogP contribution is 2.44. The molecule has 3 aliphatic rings. The van der Waals surface area contributed by atoms with Gasteiger partial charge in [0, 0.05) is 75.0 Å². The predicted octanol–water partition coefficient (Wildman–Crippen LogP) is 6.58. The highest BCUT2D eigenvalue weighted by atomic mass is 35.5. The number of carbonyl (C=O) groups is 2. The SMILES string of the molecule is COc1cc(OCC(=O)N(C)CCCc2ccc(-c3ccccc3)c(N(C(=O)O)C34CCN(CC3)CC4)c2)c(Cl)cc1CNC[C@@H](O)c1ccc(O)c2[nH]c(=O)ccc12. The number of phenols is 1. The maximum atomic E-state index is 13.2. The van der Waals surface area contributed by atoms with Crippen LogP contribution in [0.4, 0.5) is 10.5 Å². The number of fused-ring (bicyclic) bond motifs is 4. The summed E-state index contributed by atoms with van der Waals surface area (Å²) >= 11 is 6.60. The molecule has 2 amide bonds. The molecule has 0 spiro atoms. The van der Waals surface area contributed by atoms with Gasteiger partial charge in [0.15, 0.2) is 6.61 Å². The quantitative estimate of drug-likeness (QED) is 0.0734. The monoisotopic (exact) mass is 823 g/mol. The van der Waals surface area contributed by atoms with Crippen LogP contribution in [0.15, 0.2) is 89.7 Å². The summed E-state index contributed by atoms with van der Waals surface area (Å²) in [6, 6.07) is 25.3. The van der Waals surface area contributed by atoms with Crippen molar-refractivity contribution in [3.05, 3.63) is 117 Å². The molecule has 0 radical (unpaired) electrons. The fourth-order valence-electron chi connectivity index (χ4n) is 8.40. The van der Waals surface area contributed by atoms with Crippen molar-refractivity contribution < 1.29 is 34.4 Å². The summed E-state index contributed by atoms with van der Waals surface area (Å²) in [6.07, 6.45) is 1.86. The Hall–Kier alpha value is -5.60. The molecule has 3 saturated heterocycles. The van der Waals surface area contributed by atoms with E-state index in [1.807, 2.05) is 42.5 Å². The Kier molecular flexibility index (Phi) is 12.8. The van der Waals surface area contributed by atoms with Crippen molar-refractivity contribution in [3.8, 4) is 28.4 Å². The molecular formula is C45H50ClN5O8. The third-order valence-electron chi connectivity index (χ3n) is 11.7. The minimum Gasteiger partial charge on any atom is -0.506 e. The lowest BCUT2D eigenvalue weighted by Crippen LogP contribution is -2.62. The number of ether oxygens (including phenoxy) is 2. The Balaban J connectivity index is 0.946. The zero-order chi connectivity index (χ0) is 41.7. The second-order valence-electron chi connectivity index (χ2n) is 15.4. The molecule has 0 saturated carbocycles. The number of likely N-dealkylation sites (N-methyl/N-ethyl adjacent to an activating group) is 1. The maximum absolute atomic E-state index is 13.2. The van der Waals surface area contributed by atoms with Crippen molar-refractivity contribution in [1.29, 1.82) is 0 Å². The van der Waals surface area contributed by atoms with Crippen molar-refractivity contribution in [2.45, 2.75) is 50.3 Å². The normalized spacial score (nSPS) is 17.7. The van der Waals surface area contributed by atoms with E-state index in [0.29, 0.717) is 53.9 Å². The number of methoxy groups -OCH3 is 1. The van der Waals surface area contributed by atoms with E-state index < -0.39 is 17.7 Å². The molecule has 310 valence electrons. The number of hydrogen-bond acceptors (Lipinski definition) is 9. The Labute approximate surface area is 347 Å². The van der Waals surface area contributed by atoms with E-state index in [-0.39, 0.29) is 46.7 Å². The molecule has 1 aromatic heterocycles. The highest BCUT2D eigenvalue weighted by molar-refractivity contribution is 6.32. The number of carbonyl (C=O) groups excluding carboxylic acids is 1. The molecule has 2 bridgehead atoms. The number of aryl methyl sites for hydroxylation is 1. The first-order valence-electron chi connectivity index (χ1n) is 19.9. The number of nitrogens with one attached hydrogen (secondary N) is 2. The number of amides is 2. The van der Waals surface area contributed by atoms with E-state index in [1.54, 1.807) is 41.1 Å². The Morgan fingerprint density at radius 1 is 0.983 bits per heavy atom. The number of piperidine rings is 3. The predicted molar refractivity (Wildman–Crippen MR) is 228 cm³/mol. The molecule has 1 atom stereocenters. The number of hydrogen-bond donors (Lipinski definition) is 5. The second-order valence-corrected chi connectivity index (χ2v) is 15.8. The third kappa shape index (κ3) is 9.18. The zero-order valence-electron chi connectivity index (χ0n) is 33.2. The number of aromatic amines is 1. The van der Waals surface area contributed by atoms with Crippen molar-refractivity contribution >= 4 is 40.2 Å². The van der Waals surface area contributed by atoms with Crippen LogP contribution in [-0.2, 0) is 17.8 Å². The molecule has 0 aliphatic carbocycles. The molecule has 0 unspecified atom stereocenters. The number of halogens is 1. The summed E-state index contributed by atoms with van der Waals surface area (Å²) in [7, 11) is 3.24. The number of rotatable bonds is 16. The van der Waals surface area contributed by atoms with Gasteiger partial charge in [0.25, 0.3) is 5.91 Å². The van der Waals surface area contributed by atoms with E-state index in [2.05, 4.69) is 21.3 Å². The first kappa shape index (κ1) is 41.6. The Bertz CT molecular complexity index is 2350. The fraction of sp³-hybridized carbons (Fsp3) is 0.356. The summed E-state index contributed by atoms with van der Waals surface area (Å²) < 4.78 is 11.5. The Morgan fingerprint density at radius 3 is 2.44 bits per heavy atom. The van der Waals surface area contributed by atoms with E-state index in [4.69, 9.17) is 21.1 Å². The highest BCUT2D eigenvalue weighted by Gasteiger charge is 2.47. The molecule has 13 nitrogen and oxygen atoms in total. The van der Waals surface area contributed by atoms with Crippen LogP contribution in [0.5, 0.6) is 17.2 Å². The van der Waals surface area contributed by atoms with Crippen molar-refractivity contribution in [2.24, 2.45) is 0 Å². The average molecular weight is 824 g/mol. The number of aliphatic hydroxyl groups excluding tert-OH is 1. The van der Waals surface area contributed by atoms with Gasteiger partial charge in [-0.05, 0) is 73.1 Å². The van der Waals surface area contributed by atoms with Gasteiger partial charge in [-0.2, -0.15) is 0 Å². The number of nitrogens with zero attached hydrogens (tertiary/aromatic N) is 3. The van der Waals surface area contributed by atoms with Crippen LogP contribution in [0.1, 0.15) is 48.5 Å². The molecule has 59 heavy (non-hydrogen) atoms. The molecule has 5 aromatic rings. The van der Waals surface area contributed by atoms with Gasteiger partial charge in [-0.1, -0.05) is 60.1 Å². The van der Waals surface area contributed by atoms with Gasteiger partial charge in [0.2, 0.25) is 5.56 Å². The van der Waals surface area contributed by atoms with Gasteiger partial charge in [-0.15, -0.1) is 0 Å². The van der Waals surface area contributed by atoms with Gasteiger partial charge in [-0.25, -0.2) is 4.79 Å². The van der Waals surface area contributed by atoms with Crippen LogP contribution in [0.25, 0.3) is 22.0 Å². The van der Waals surface area contributed by atoms with E-state index >= 15 is 0 Å². The number of aliphatic hydroxyl groups is 1. The summed E-state index contributed by atoms with van der Waals surface area (Å²) in [5.41, 5.74) is 4.28. The third-order valence-corrected chi connectivity index (χ3v) is 12.0. The molecule has 3 fully saturated rings. The van der Waals surface area contributed by atoms with Crippen molar-refractivity contribution in [2.75, 3.05) is 58.4 Å². The molecule has 14 heteroatoms. The fourth-order valence-corrected chi connectivity index (χ4v) is 8.64. The number of carboxylic acid groups (broad SMARTS) is 1. The number of phenolic OH excluding ortho intramolecular Hbond substituents is 1. The van der Waals surface area contributed by atoms with Gasteiger partial charge in [0.05, 0.1) is 35.0 Å².